The molecular weight excluding hydrogens is 204 g/mol. The Balaban J connectivity index is 2.18. The maximum absolute atomic E-state index is 5.89. The van der Waals surface area contributed by atoms with Crippen molar-refractivity contribution >= 4 is 0 Å². The third kappa shape index (κ3) is 2.10. The van der Waals surface area contributed by atoms with Crippen LogP contribution in [0.25, 0.3) is 0 Å². The van der Waals surface area contributed by atoms with Crippen molar-refractivity contribution in [2.45, 2.75) is 44.6 Å². The number of nitrogens with one attached hydrogen (secondary N) is 1. The average Bonchev–Trinajstić information content (AvgIpc) is 2.88. The molecule has 0 spiro atoms. The molecule has 0 atom stereocenters. The summed E-state index contributed by atoms with van der Waals surface area (Å²) in [7, 11) is 0. The molecule has 0 bridgehead atoms. The van der Waals surface area contributed by atoms with Gasteiger partial charge < -0.3 is 10.5 Å². The minimum Gasteiger partial charge on any atom is -0.367 e. The summed E-state index contributed by atoms with van der Waals surface area (Å²) in [5.41, 5.74) is 5.26. The van der Waals surface area contributed by atoms with Gasteiger partial charge in [-0.25, -0.2) is 4.98 Å². The summed E-state index contributed by atoms with van der Waals surface area (Å²) < 4.78 is 5.89. The van der Waals surface area contributed by atoms with Crippen LogP contribution in [0.4, 0.5) is 0 Å². The molecule has 90 valence electrons. The fourth-order valence-corrected chi connectivity index (χ4v) is 2.40. The van der Waals surface area contributed by atoms with Crippen molar-refractivity contribution < 1.29 is 4.74 Å². The fourth-order valence-electron chi connectivity index (χ4n) is 2.40. The molecule has 1 aliphatic rings. The normalized spacial score (nSPS) is 19.1. The molecule has 16 heavy (non-hydrogen) atoms. The quantitative estimate of drug-likeness (QED) is 0.785. The SMILES string of the molecule is CCOC1(c2n[nH]c(CCN)n2)CCCC1. The Bertz CT molecular complexity index is 330. The second-order valence-corrected chi connectivity index (χ2v) is 4.28. The fraction of sp³-hybridized carbons (Fsp3) is 0.818. The Labute approximate surface area is 95.8 Å². The van der Waals surface area contributed by atoms with Crippen molar-refractivity contribution in [1.82, 2.24) is 15.2 Å². The molecule has 0 aliphatic heterocycles. The van der Waals surface area contributed by atoms with E-state index in [0.29, 0.717) is 13.2 Å². The standard InChI is InChI=1S/C11H20N4O/c1-2-16-11(6-3-4-7-11)10-13-9(5-8-12)14-15-10/h2-8,12H2,1H3,(H,13,14,15). The van der Waals surface area contributed by atoms with Crippen molar-refractivity contribution in [1.29, 1.82) is 0 Å². The summed E-state index contributed by atoms with van der Waals surface area (Å²) in [5.74, 6) is 1.68. The van der Waals surface area contributed by atoms with Gasteiger partial charge in [-0.3, -0.25) is 5.10 Å². The number of nitrogens with two attached hydrogens (primary N) is 1. The van der Waals surface area contributed by atoms with Gasteiger partial charge in [-0.2, -0.15) is 5.10 Å². The van der Waals surface area contributed by atoms with Crippen molar-refractivity contribution in [2.75, 3.05) is 13.2 Å². The molecule has 5 heteroatoms. The van der Waals surface area contributed by atoms with Crippen LogP contribution in [-0.2, 0) is 16.8 Å². The molecule has 1 aromatic rings. The molecule has 1 saturated carbocycles. The van der Waals surface area contributed by atoms with E-state index in [4.69, 9.17) is 10.5 Å². The molecule has 0 saturated heterocycles. The van der Waals surface area contributed by atoms with Gasteiger partial charge in [0.25, 0.3) is 0 Å². The first-order valence-corrected chi connectivity index (χ1v) is 6.06. The van der Waals surface area contributed by atoms with Gasteiger partial charge >= 0.3 is 0 Å². The minimum atomic E-state index is -0.238. The highest BCUT2D eigenvalue weighted by Gasteiger charge is 2.39. The summed E-state index contributed by atoms with van der Waals surface area (Å²) >= 11 is 0. The third-order valence-electron chi connectivity index (χ3n) is 3.15. The van der Waals surface area contributed by atoms with Gasteiger partial charge in [0.05, 0.1) is 0 Å². The molecular formula is C11H20N4O. The predicted octanol–water partition coefficient (Wildman–Crippen LogP) is 1.11. The zero-order valence-electron chi connectivity index (χ0n) is 9.83. The second-order valence-electron chi connectivity index (χ2n) is 4.28. The first-order valence-electron chi connectivity index (χ1n) is 6.06. The van der Waals surface area contributed by atoms with E-state index in [1.807, 2.05) is 6.92 Å². The summed E-state index contributed by atoms with van der Waals surface area (Å²) in [5, 5.41) is 7.24. The monoisotopic (exact) mass is 224 g/mol. The summed E-state index contributed by atoms with van der Waals surface area (Å²) in [6.45, 7) is 3.32. The molecule has 1 fully saturated rings. The van der Waals surface area contributed by atoms with Crippen LogP contribution in [0.1, 0.15) is 44.3 Å². The van der Waals surface area contributed by atoms with E-state index in [1.54, 1.807) is 0 Å². The maximum Gasteiger partial charge on any atom is 0.182 e. The molecule has 1 aliphatic carbocycles. The Morgan fingerprint density at radius 3 is 2.81 bits per heavy atom. The lowest BCUT2D eigenvalue weighted by Gasteiger charge is -2.25. The smallest absolute Gasteiger partial charge is 0.182 e. The largest absolute Gasteiger partial charge is 0.367 e. The number of H-pyrrole nitrogens is 1. The van der Waals surface area contributed by atoms with Gasteiger partial charge in [-0.15, -0.1) is 0 Å². The van der Waals surface area contributed by atoms with Gasteiger partial charge in [0.2, 0.25) is 0 Å². The Kier molecular flexibility index (Phi) is 3.56. The van der Waals surface area contributed by atoms with E-state index in [9.17, 15) is 0 Å². The average molecular weight is 224 g/mol. The summed E-state index contributed by atoms with van der Waals surface area (Å²) in [6.07, 6.45) is 5.19. The van der Waals surface area contributed by atoms with Crippen LogP contribution in [0.3, 0.4) is 0 Å². The van der Waals surface area contributed by atoms with Gasteiger partial charge in [0.1, 0.15) is 11.4 Å². The van der Waals surface area contributed by atoms with Crippen molar-refractivity contribution in [3.8, 4) is 0 Å². The molecule has 2 rings (SSSR count). The highest BCUT2D eigenvalue weighted by molar-refractivity contribution is 5.06. The second kappa shape index (κ2) is 4.93. The zero-order chi connectivity index (χ0) is 11.4. The molecule has 0 aromatic carbocycles. The number of hydrogen-bond acceptors (Lipinski definition) is 4. The number of rotatable bonds is 5. The first kappa shape index (κ1) is 11.5. The lowest BCUT2D eigenvalue weighted by Crippen LogP contribution is -2.27. The van der Waals surface area contributed by atoms with E-state index < -0.39 is 0 Å². The van der Waals surface area contributed by atoms with E-state index in [-0.39, 0.29) is 5.60 Å². The molecule has 0 unspecified atom stereocenters. The van der Waals surface area contributed by atoms with Crippen molar-refractivity contribution in [3.63, 3.8) is 0 Å². The van der Waals surface area contributed by atoms with Crippen molar-refractivity contribution in [2.24, 2.45) is 5.73 Å². The van der Waals surface area contributed by atoms with Gasteiger partial charge in [0, 0.05) is 13.0 Å². The summed E-state index contributed by atoms with van der Waals surface area (Å²) in [4.78, 5) is 4.50. The Morgan fingerprint density at radius 2 is 2.19 bits per heavy atom. The van der Waals surface area contributed by atoms with Crippen LogP contribution >= 0.6 is 0 Å². The molecule has 5 nitrogen and oxygen atoms in total. The maximum atomic E-state index is 5.89. The Morgan fingerprint density at radius 1 is 1.44 bits per heavy atom. The lowest BCUT2D eigenvalue weighted by atomic mass is 10.0. The lowest BCUT2D eigenvalue weighted by molar-refractivity contribution is -0.0454. The van der Waals surface area contributed by atoms with Gasteiger partial charge in [0.15, 0.2) is 5.82 Å². The molecule has 1 aromatic heterocycles. The molecule has 0 amide bonds. The van der Waals surface area contributed by atoms with E-state index in [1.165, 1.54) is 12.8 Å². The topological polar surface area (TPSA) is 76.8 Å². The first-order chi connectivity index (χ1) is 7.80. The number of nitrogens with zero attached hydrogens (tertiary/aromatic N) is 2. The molecule has 1 heterocycles. The van der Waals surface area contributed by atoms with Crippen LogP contribution < -0.4 is 5.73 Å². The summed E-state index contributed by atoms with van der Waals surface area (Å²) in [6, 6.07) is 0. The van der Waals surface area contributed by atoms with Crippen LogP contribution in [0.2, 0.25) is 0 Å². The van der Waals surface area contributed by atoms with Crippen LogP contribution in [0.5, 0.6) is 0 Å². The molecule has 0 radical (unpaired) electrons. The zero-order valence-corrected chi connectivity index (χ0v) is 9.83. The predicted molar refractivity (Wildman–Crippen MR) is 60.9 cm³/mol. The highest BCUT2D eigenvalue weighted by Crippen LogP contribution is 2.40. The number of hydrogen-bond donors (Lipinski definition) is 2. The van der Waals surface area contributed by atoms with Crippen LogP contribution in [0, 0.1) is 0 Å². The van der Waals surface area contributed by atoms with Gasteiger partial charge in [-0.05, 0) is 39.2 Å². The van der Waals surface area contributed by atoms with E-state index in [0.717, 1.165) is 30.9 Å². The minimum absolute atomic E-state index is 0.238. The number of aromatic amines is 1. The van der Waals surface area contributed by atoms with Crippen molar-refractivity contribution in [3.05, 3.63) is 11.6 Å². The number of ether oxygens (including phenoxy) is 1. The molecule has 3 N–H and O–H groups in total. The highest BCUT2D eigenvalue weighted by atomic mass is 16.5. The van der Waals surface area contributed by atoms with Crippen LogP contribution in [-0.4, -0.2) is 28.3 Å². The van der Waals surface area contributed by atoms with Gasteiger partial charge in [-0.1, -0.05) is 0 Å². The van der Waals surface area contributed by atoms with E-state index in [2.05, 4.69) is 15.2 Å². The van der Waals surface area contributed by atoms with E-state index >= 15 is 0 Å². The number of aromatic nitrogens is 3. The van der Waals surface area contributed by atoms with Crippen LogP contribution in [0.15, 0.2) is 0 Å². The third-order valence-corrected chi connectivity index (χ3v) is 3.15. The Hall–Kier alpha value is -0.940.